The van der Waals surface area contributed by atoms with Gasteiger partial charge in [0.25, 0.3) is 0 Å². The van der Waals surface area contributed by atoms with Crippen molar-refractivity contribution in [3.63, 3.8) is 0 Å². The highest BCUT2D eigenvalue weighted by Crippen LogP contribution is 2.50. The van der Waals surface area contributed by atoms with Crippen LogP contribution in [0.3, 0.4) is 0 Å². The predicted molar refractivity (Wildman–Crippen MR) is 166 cm³/mol. The number of rotatable bonds is 6. The van der Waals surface area contributed by atoms with Crippen molar-refractivity contribution in [1.29, 1.82) is 0 Å². The summed E-state index contributed by atoms with van der Waals surface area (Å²) in [5, 5.41) is 7.35. The maximum atomic E-state index is 6.22. The minimum absolute atomic E-state index is 0.839. The van der Waals surface area contributed by atoms with Gasteiger partial charge in [-0.05, 0) is 72.3 Å². The van der Waals surface area contributed by atoms with E-state index in [1.165, 1.54) is 0 Å². The second-order valence-corrected chi connectivity index (χ2v) is 9.63. The van der Waals surface area contributed by atoms with Crippen LogP contribution < -0.4 is 20.3 Å². The minimum atomic E-state index is 0.839. The van der Waals surface area contributed by atoms with Gasteiger partial charge in [-0.1, -0.05) is 84.9 Å². The topological polar surface area (TPSA) is 36.5 Å². The van der Waals surface area contributed by atoms with Gasteiger partial charge in [0.15, 0.2) is 11.5 Å². The summed E-state index contributed by atoms with van der Waals surface area (Å²) in [7, 11) is 0. The second kappa shape index (κ2) is 10.4. The molecule has 0 atom stereocenters. The zero-order valence-corrected chi connectivity index (χ0v) is 21.8. The van der Waals surface area contributed by atoms with E-state index in [1.54, 1.807) is 0 Å². The maximum absolute atomic E-state index is 6.22. The van der Waals surface area contributed by atoms with E-state index in [9.17, 15) is 0 Å². The number of anilines is 7. The monoisotopic (exact) mass is 517 g/mol. The Balaban J connectivity index is 1.30. The van der Waals surface area contributed by atoms with Gasteiger partial charge in [0.05, 0.1) is 11.4 Å². The molecule has 0 aliphatic carbocycles. The average molecular weight is 518 g/mol. The second-order valence-electron chi connectivity index (χ2n) is 9.63. The summed E-state index contributed by atoms with van der Waals surface area (Å²) >= 11 is 0. The molecule has 192 valence electrons. The number of para-hydroxylation sites is 5. The largest absolute Gasteiger partial charge is 0.453 e. The Bertz CT molecular complexity index is 1740. The molecule has 1 heterocycles. The van der Waals surface area contributed by atoms with Crippen molar-refractivity contribution in [3.05, 3.63) is 152 Å². The molecule has 0 bridgehead atoms. The first-order chi connectivity index (χ1) is 19.8. The molecule has 0 saturated heterocycles. The SMILES string of the molecule is c1ccc(Nc2cccc(Nc3cccc(N4c5ccccc5Oc5ccccc54)c3)c2-c2ccccc2)cc1. The van der Waals surface area contributed by atoms with E-state index < -0.39 is 0 Å². The van der Waals surface area contributed by atoms with E-state index in [2.05, 4.69) is 107 Å². The zero-order valence-electron chi connectivity index (χ0n) is 21.8. The summed E-state index contributed by atoms with van der Waals surface area (Å²) in [4.78, 5) is 2.25. The molecule has 1 aliphatic heterocycles. The molecule has 1 aliphatic rings. The predicted octanol–water partition coefficient (Wildman–Crippen LogP) is 10.4. The normalized spacial score (nSPS) is 11.7. The van der Waals surface area contributed by atoms with E-state index >= 15 is 0 Å². The molecule has 0 fully saturated rings. The van der Waals surface area contributed by atoms with E-state index in [-0.39, 0.29) is 0 Å². The highest BCUT2D eigenvalue weighted by Gasteiger charge is 2.25. The molecule has 0 radical (unpaired) electrons. The number of nitrogens with zero attached hydrogens (tertiary/aromatic N) is 1. The van der Waals surface area contributed by atoms with Gasteiger partial charge in [-0.3, -0.25) is 0 Å². The smallest absolute Gasteiger partial charge is 0.151 e. The Hall–Kier alpha value is -5.48. The van der Waals surface area contributed by atoms with Crippen LogP contribution >= 0.6 is 0 Å². The Morgan fingerprint density at radius 2 is 0.975 bits per heavy atom. The zero-order chi connectivity index (χ0) is 26.7. The highest BCUT2D eigenvalue weighted by molar-refractivity contribution is 5.93. The molecule has 0 aromatic heterocycles. The molecular formula is C36H27N3O. The number of fused-ring (bicyclic) bond motifs is 2. The molecular weight excluding hydrogens is 490 g/mol. The van der Waals surface area contributed by atoms with Crippen LogP contribution in [0.5, 0.6) is 11.5 Å². The fourth-order valence-corrected chi connectivity index (χ4v) is 5.21. The third-order valence-corrected chi connectivity index (χ3v) is 7.00. The van der Waals surface area contributed by atoms with Gasteiger partial charge in [0.2, 0.25) is 0 Å². The molecule has 2 N–H and O–H groups in total. The first-order valence-electron chi connectivity index (χ1n) is 13.4. The number of ether oxygens (including phenoxy) is 1. The Labute approximate surface area is 234 Å². The fraction of sp³-hybridized carbons (Fsp3) is 0. The summed E-state index contributed by atoms with van der Waals surface area (Å²) in [6.07, 6.45) is 0. The molecule has 6 aromatic carbocycles. The fourth-order valence-electron chi connectivity index (χ4n) is 5.21. The standard InChI is InChI=1S/C36H27N3O/c1-3-13-26(14-4-1)36-30(37-27-15-5-2-6-16-27)19-12-20-31(36)38-28-17-11-18-29(25-28)39-32-21-7-9-23-34(32)40-35-24-10-8-22-33(35)39/h1-25,37-38H. The molecule has 0 amide bonds. The summed E-state index contributed by atoms with van der Waals surface area (Å²) in [6, 6.07) is 51.9. The summed E-state index contributed by atoms with van der Waals surface area (Å²) in [6.45, 7) is 0. The quantitative estimate of drug-likeness (QED) is 0.230. The lowest BCUT2D eigenvalue weighted by atomic mass is 10.0. The van der Waals surface area contributed by atoms with Gasteiger partial charge in [-0.25, -0.2) is 0 Å². The van der Waals surface area contributed by atoms with Crippen molar-refractivity contribution in [1.82, 2.24) is 0 Å². The van der Waals surface area contributed by atoms with Crippen LogP contribution in [-0.2, 0) is 0 Å². The lowest BCUT2D eigenvalue weighted by Crippen LogP contribution is -2.15. The molecule has 0 spiro atoms. The van der Waals surface area contributed by atoms with Crippen molar-refractivity contribution in [3.8, 4) is 22.6 Å². The van der Waals surface area contributed by atoms with Gasteiger partial charge in [-0.2, -0.15) is 0 Å². The van der Waals surface area contributed by atoms with Crippen LogP contribution in [-0.4, -0.2) is 0 Å². The van der Waals surface area contributed by atoms with Crippen molar-refractivity contribution < 1.29 is 4.74 Å². The van der Waals surface area contributed by atoms with Gasteiger partial charge < -0.3 is 20.3 Å². The van der Waals surface area contributed by atoms with Crippen molar-refractivity contribution in [2.75, 3.05) is 15.5 Å². The highest BCUT2D eigenvalue weighted by atomic mass is 16.5. The van der Waals surface area contributed by atoms with Crippen molar-refractivity contribution in [2.45, 2.75) is 0 Å². The first-order valence-corrected chi connectivity index (χ1v) is 13.4. The average Bonchev–Trinajstić information content (AvgIpc) is 3.01. The lowest BCUT2D eigenvalue weighted by Gasteiger charge is -2.33. The Kier molecular flexibility index (Phi) is 6.11. The number of nitrogens with one attached hydrogen (secondary N) is 2. The molecule has 0 unspecified atom stereocenters. The summed E-state index contributed by atoms with van der Waals surface area (Å²) in [5.74, 6) is 1.68. The van der Waals surface area contributed by atoms with E-state index in [0.29, 0.717) is 0 Å². The third-order valence-electron chi connectivity index (χ3n) is 7.00. The molecule has 0 saturated carbocycles. The van der Waals surface area contributed by atoms with Crippen molar-refractivity contribution in [2.24, 2.45) is 0 Å². The van der Waals surface area contributed by atoms with Crippen LogP contribution in [0, 0.1) is 0 Å². The molecule has 6 aromatic rings. The van der Waals surface area contributed by atoms with Crippen molar-refractivity contribution >= 4 is 39.8 Å². The van der Waals surface area contributed by atoms with Gasteiger partial charge >= 0.3 is 0 Å². The van der Waals surface area contributed by atoms with Crippen LogP contribution in [0.15, 0.2) is 152 Å². The van der Waals surface area contributed by atoms with Crippen LogP contribution in [0.1, 0.15) is 0 Å². The molecule has 4 nitrogen and oxygen atoms in total. The molecule has 7 rings (SSSR count). The number of hydrogen-bond acceptors (Lipinski definition) is 4. The molecule has 4 heteroatoms. The Morgan fingerprint density at radius 1 is 0.450 bits per heavy atom. The third kappa shape index (κ3) is 4.52. The van der Waals surface area contributed by atoms with Crippen LogP contribution in [0.4, 0.5) is 39.8 Å². The van der Waals surface area contributed by atoms with Crippen LogP contribution in [0.2, 0.25) is 0 Å². The van der Waals surface area contributed by atoms with Crippen LogP contribution in [0.25, 0.3) is 11.1 Å². The van der Waals surface area contributed by atoms with E-state index in [4.69, 9.17) is 4.74 Å². The number of benzene rings is 6. The summed E-state index contributed by atoms with van der Waals surface area (Å²) in [5.41, 5.74) is 9.41. The Morgan fingerprint density at radius 3 is 1.65 bits per heavy atom. The first kappa shape index (κ1) is 23.6. The lowest BCUT2D eigenvalue weighted by molar-refractivity contribution is 0.477. The van der Waals surface area contributed by atoms with Gasteiger partial charge in [-0.15, -0.1) is 0 Å². The molecule has 40 heavy (non-hydrogen) atoms. The maximum Gasteiger partial charge on any atom is 0.151 e. The van der Waals surface area contributed by atoms with Gasteiger partial charge in [0.1, 0.15) is 0 Å². The van der Waals surface area contributed by atoms with E-state index in [1.807, 2.05) is 60.7 Å². The number of hydrogen-bond donors (Lipinski definition) is 2. The van der Waals surface area contributed by atoms with Gasteiger partial charge in [0, 0.05) is 34.0 Å². The minimum Gasteiger partial charge on any atom is -0.453 e. The van der Waals surface area contributed by atoms with E-state index in [0.717, 1.165) is 62.4 Å². The summed E-state index contributed by atoms with van der Waals surface area (Å²) < 4.78 is 6.22.